The Labute approximate surface area is 152 Å². The van der Waals surface area contributed by atoms with Crippen molar-refractivity contribution >= 4 is 17.9 Å². The number of alkyl halides is 3. The van der Waals surface area contributed by atoms with Crippen LogP contribution in [0.2, 0.25) is 0 Å². The maximum Gasteiger partial charge on any atom is 0.491 e. The van der Waals surface area contributed by atoms with Crippen molar-refractivity contribution in [3.8, 4) is 0 Å². The van der Waals surface area contributed by atoms with E-state index in [0.717, 1.165) is 0 Å². The number of carbonyl (C=O) groups excluding carboxylic acids is 2. The van der Waals surface area contributed by atoms with Gasteiger partial charge < -0.3 is 20.3 Å². The third-order valence-electron chi connectivity index (χ3n) is 3.45. The first kappa shape index (κ1) is 22.4. The zero-order valence-electron chi connectivity index (χ0n) is 14.1. The summed E-state index contributed by atoms with van der Waals surface area (Å²) >= 11 is 0. The average molecular weight is 392 g/mol. The number of esters is 2. The second-order valence-corrected chi connectivity index (χ2v) is 5.68. The second-order valence-electron chi connectivity index (χ2n) is 5.68. The van der Waals surface area contributed by atoms with Gasteiger partial charge in [-0.3, -0.25) is 10.5 Å². The second kappa shape index (κ2) is 9.33. The van der Waals surface area contributed by atoms with Gasteiger partial charge in [0.1, 0.15) is 12.6 Å². The molecule has 0 saturated carbocycles. The van der Waals surface area contributed by atoms with Crippen LogP contribution >= 0.6 is 0 Å². The van der Waals surface area contributed by atoms with Gasteiger partial charge in [-0.05, 0) is 18.4 Å². The lowest BCUT2D eigenvalue weighted by Crippen LogP contribution is -2.54. The molecule has 0 aromatic heterocycles. The summed E-state index contributed by atoms with van der Waals surface area (Å²) in [7, 11) is 0. The number of carboxylic acids is 1. The van der Waals surface area contributed by atoms with E-state index in [1.807, 2.05) is 0 Å². The van der Waals surface area contributed by atoms with Crippen molar-refractivity contribution in [1.82, 2.24) is 0 Å². The average Bonchev–Trinajstić information content (AvgIpc) is 2.59. The van der Waals surface area contributed by atoms with Crippen LogP contribution < -0.4 is 11.5 Å². The number of benzene rings is 1. The first-order valence-electron chi connectivity index (χ1n) is 7.74. The van der Waals surface area contributed by atoms with E-state index in [-0.39, 0.29) is 19.4 Å². The van der Waals surface area contributed by atoms with Gasteiger partial charge in [0.2, 0.25) is 0 Å². The SMILES string of the molecule is N[C@@H](CCCC(N)(OC(=O)C(F)(F)F)C(=O)OCc1ccccc1)C(=O)O. The minimum absolute atomic E-state index is 0.199. The Balaban J connectivity index is 2.82. The Morgan fingerprint density at radius 1 is 1.11 bits per heavy atom. The molecule has 0 saturated heterocycles. The van der Waals surface area contributed by atoms with Gasteiger partial charge in [-0.2, -0.15) is 13.2 Å². The standard InChI is InChI=1S/C16H19F3N2O6/c17-16(18,19)14(25)27-15(21,8-4-7-11(20)12(22)23)13(24)26-9-10-5-2-1-3-6-10/h1-3,5-6,11H,4,7-9,20-21H2,(H,22,23)/t11-,15?/m0/s1. The maximum atomic E-state index is 12.5. The van der Waals surface area contributed by atoms with Crippen LogP contribution in [0.5, 0.6) is 0 Å². The number of hydrogen-bond acceptors (Lipinski definition) is 7. The van der Waals surface area contributed by atoms with Crippen molar-refractivity contribution < 1.29 is 42.1 Å². The highest BCUT2D eigenvalue weighted by Crippen LogP contribution is 2.24. The first-order chi connectivity index (χ1) is 12.5. The van der Waals surface area contributed by atoms with Crippen molar-refractivity contribution in [3.63, 3.8) is 0 Å². The van der Waals surface area contributed by atoms with Crippen LogP contribution in [0, 0.1) is 0 Å². The molecule has 1 rings (SSSR count). The lowest BCUT2D eigenvalue weighted by atomic mass is 10.0. The third-order valence-corrected chi connectivity index (χ3v) is 3.45. The smallest absolute Gasteiger partial charge is 0.480 e. The van der Waals surface area contributed by atoms with Gasteiger partial charge in [0.25, 0.3) is 5.72 Å². The molecule has 150 valence electrons. The molecule has 11 heteroatoms. The molecule has 27 heavy (non-hydrogen) atoms. The largest absolute Gasteiger partial charge is 0.491 e. The molecule has 0 aliphatic carbocycles. The molecule has 1 aromatic carbocycles. The molecule has 1 aromatic rings. The zero-order chi connectivity index (χ0) is 20.7. The van der Waals surface area contributed by atoms with Crippen molar-refractivity contribution in [1.29, 1.82) is 0 Å². The molecule has 0 fully saturated rings. The van der Waals surface area contributed by atoms with E-state index in [1.54, 1.807) is 30.3 Å². The highest BCUT2D eigenvalue weighted by atomic mass is 19.4. The van der Waals surface area contributed by atoms with Crippen molar-refractivity contribution in [2.45, 2.75) is 43.8 Å². The van der Waals surface area contributed by atoms with E-state index < -0.39 is 42.3 Å². The van der Waals surface area contributed by atoms with Crippen LogP contribution in [-0.2, 0) is 30.5 Å². The first-order valence-corrected chi connectivity index (χ1v) is 7.74. The van der Waals surface area contributed by atoms with Crippen LogP contribution in [0.1, 0.15) is 24.8 Å². The summed E-state index contributed by atoms with van der Waals surface area (Å²) in [5, 5.41) is 8.70. The summed E-state index contributed by atoms with van der Waals surface area (Å²) in [6, 6.07) is 6.88. The van der Waals surface area contributed by atoms with Gasteiger partial charge in [0, 0.05) is 6.42 Å². The Bertz CT molecular complexity index is 668. The number of hydrogen-bond donors (Lipinski definition) is 3. The Morgan fingerprint density at radius 2 is 1.70 bits per heavy atom. The van der Waals surface area contributed by atoms with E-state index in [1.165, 1.54) is 0 Å². The Kier molecular flexibility index (Phi) is 7.73. The van der Waals surface area contributed by atoms with E-state index in [2.05, 4.69) is 4.74 Å². The molecule has 8 nitrogen and oxygen atoms in total. The lowest BCUT2D eigenvalue weighted by Gasteiger charge is -2.27. The van der Waals surface area contributed by atoms with Crippen LogP contribution in [0.3, 0.4) is 0 Å². The zero-order valence-corrected chi connectivity index (χ0v) is 14.1. The van der Waals surface area contributed by atoms with Crippen molar-refractivity contribution in [3.05, 3.63) is 35.9 Å². The number of aliphatic carboxylic acids is 1. The molecule has 5 N–H and O–H groups in total. The van der Waals surface area contributed by atoms with E-state index >= 15 is 0 Å². The molecule has 0 aliphatic heterocycles. The van der Waals surface area contributed by atoms with Crippen molar-refractivity contribution in [2.24, 2.45) is 11.5 Å². The normalized spacial score (nSPS) is 14.7. The minimum Gasteiger partial charge on any atom is -0.480 e. The highest BCUT2D eigenvalue weighted by molar-refractivity contribution is 5.84. The highest BCUT2D eigenvalue weighted by Gasteiger charge is 2.49. The molecule has 0 aliphatic rings. The number of halogens is 3. The Hall–Kier alpha value is -2.66. The molecular formula is C16H19F3N2O6. The summed E-state index contributed by atoms with van der Waals surface area (Å²) in [4.78, 5) is 34.0. The quantitative estimate of drug-likeness (QED) is 0.418. The van der Waals surface area contributed by atoms with Gasteiger partial charge in [-0.1, -0.05) is 30.3 Å². The molecule has 0 radical (unpaired) electrons. The third kappa shape index (κ3) is 7.23. The number of nitrogens with two attached hydrogens (primary N) is 2. The topological polar surface area (TPSA) is 142 Å². The molecule has 2 atom stereocenters. The van der Waals surface area contributed by atoms with Crippen molar-refractivity contribution in [2.75, 3.05) is 0 Å². The monoisotopic (exact) mass is 392 g/mol. The maximum absolute atomic E-state index is 12.5. The number of ether oxygens (including phenoxy) is 2. The van der Waals surface area contributed by atoms with Gasteiger partial charge in [0.05, 0.1) is 0 Å². The Morgan fingerprint density at radius 3 is 2.22 bits per heavy atom. The number of carbonyl (C=O) groups is 3. The van der Waals surface area contributed by atoms with E-state index in [9.17, 15) is 27.6 Å². The number of rotatable bonds is 9. The fourth-order valence-electron chi connectivity index (χ4n) is 1.97. The molecule has 0 amide bonds. The van der Waals surface area contributed by atoms with Gasteiger partial charge >= 0.3 is 24.1 Å². The van der Waals surface area contributed by atoms with E-state index in [4.69, 9.17) is 21.3 Å². The summed E-state index contributed by atoms with van der Waals surface area (Å²) in [6.45, 7) is -0.309. The van der Waals surface area contributed by atoms with Crippen LogP contribution in [0.15, 0.2) is 30.3 Å². The molecular weight excluding hydrogens is 373 g/mol. The predicted octanol–water partition coefficient (Wildman–Crippen LogP) is 1.07. The minimum atomic E-state index is -5.37. The van der Waals surface area contributed by atoms with E-state index in [0.29, 0.717) is 5.56 Å². The summed E-state index contributed by atoms with van der Waals surface area (Å²) in [5.74, 6) is -5.39. The summed E-state index contributed by atoms with van der Waals surface area (Å²) < 4.78 is 46.4. The van der Waals surface area contributed by atoms with Crippen LogP contribution in [0.4, 0.5) is 13.2 Å². The fourth-order valence-corrected chi connectivity index (χ4v) is 1.97. The number of carboxylic acid groups (broad SMARTS) is 1. The van der Waals surface area contributed by atoms with Gasteiger partial charge in [-0.15, -0.1) is 0 Å². The van der Waals surface area contributed by atoms with Crippen LogP contribution in [-0.4, -0.2) is 41.0 Å². The predicted molar refractivity (Wildman–Crippen MR) is 84.8 cm³/mol. The molecule has 0 heterocycles. The summed E-state index contributed by atoms with van der Waals surface area (Å²) in [6.07, 6.45) is -6.38. The molecule has 1 unspecified atom stereocenters. The fraction of sp³-hybridized carbons (Fsp3) is 0.438. The molecule has 0 bridgehead atoms. The lowest BCUT2D eigenvalue weighted by molar-refractivity contribution is -0.219. The van der Waals surface area contributed by atoms with Crippen LogP contribution in [0.25, 0.3) is 0 Å². The summed E-state index contributed by atoms with van der Waals surface area (Å²) in [5.41, 5.74) is 8.64. The molecule has 0 spiro atoms. The van der Waals surface area contributed by atoms with Gasteiger partial charge in [0.15, 0.2) is 0 Å². The van der Waals surface area contributed by atoms with Gasteiger partial charge in [-0.25, -0.2) is 9.59 Å².